The highest BCUT2D eigenvalue weighted by molar-refractivity contribution is 7.89. The second-order valence-corrected chi connectivity index (χ2v) is 7.20. The minimum Gasteiger partial charge on any atom is -0.497 e. The van der Waals surface area contributed by atoms with Gasteiger partial charge in [0.25, 0.3) is 0 Å². The summed E-state index contributed by atoms with van der Waals surface area (Å²) in [5.41, 5.74) is 0.409. The summed E-state index contributed by atoms with van der Waals surface area (Å²) in [7, 11) is -0.158. The van der Waals surface area contributed by atoms with Crippen LogP contribution in [0.4, 0.5) is 4.39 Å². The highest BCUT2D eigenvalue weighted by Crippen LogP contribution is 2.30. The van der Waals surface area contributed by atoms with Crippen molar-refractivity contribution in [1.82, 2.24) is 4.72 Å². The maximum atomic E-state index is 13.2. The minimum atomic E-state index is -4.10. The second-order valence-electron chi connectivity index (χ2n) is 5.52. The van der Waals surface area contributed by atoms with Crippen LogP contribution in [0.2, 0.25) is 0 Å². The number of halogens is 1. The predicted octanol–water partition coefficient (Wildman–Crippen LogP) is 2.43. The molecule has 2 rings (SSSR count). The summed E-state index contributed by atoms with van der Waals surface area (Å²) in [6, 6.07) is 8.52. The molecule has 0 aliphatic rings. The molecule has 0 aliphatic carbocycles. The van der Waals surface area contributed by atoms with E-state index in [0.29, 0.717) is 11.3 Å². The predicted molar refractivity (Wildman–Crippen MR) is 95.6 cm³/mol. The Balaban J connectivity index is 2.43. The van der Waals surface area contributed by atoms with Gasteiger partial charge in [0.2, 0.25) is 10.0 Å². The van der Waals surface area contributed by atoms with Gasteiger partial charge in [-0.1, -0.05) is 12.1 Å². The van der Waals surface area contributed by atoms with Crippen LogP contribution in [0, 0.1) is 5.82 Å². The summed E-state index contributed by atoms with van der Waals surface area (Å²) in [4.78, 5) is 11.6. The number of rotatable bonds is 8. The first-order valence-corrected chi connectivity index (χ1v) is 9.35. The molecule has 1 N–H and O–H groups in total. The van der Waals surface area contributed by atoms with Crippen LogP contribution in [0.5, 0.6) is 11.5 Å². The van der Waals surface area contributed by atoms with Gasteiger partial charge in [0.15, 0.2) is 0 Å². The van der Waals surface area contributed by atoms with Crippen molar-refractivity contribution in [2.45, 2.75) is 17.4 Å². The van der Waals surface area contributed by atoms with Crippen LogP contribution in [0.15, 0.2) is 47.4 Å². The van der Waals surface area contributed by atoms with E-state index in [1.807, 2.05) is 0 Å². The fourth-order valence-electron chi connectivity index (χ4n) is 2.42. The van der Waals surface area contributed by atoms with Gasteiger partial charge in [-0.3, -0.25) is 4.79 Å². The molecular formula is C18H20FNO6S. The number of sulfonamides is 1. The maximum absolute atomic E-state index is 13.2. The summed E-state index contributed by atoms with van der Waals surface area (Å²) >= 11 is 0. The molecule has 0 bridgehead atoms. The Hall–Kier alpha value is -2.65. The number of esters is 1. The van der Waals surface area contributed by atoms with E-state index >= 15 is 0 Å². The van der Waals surface area contributed by atoms with Gasteiger partial charge >= 0.3 is 5.97 Å². The van der Waals surface area contributed by atoms with Crippen LogP contribution >= 0.6 is 0 Å². The molecule has 2 aromatic rings. The zero-order valence-corrected chi connectivity index (χ0v) is 15.9. The molecule has 0 aliphatic heterocycles. The van der Waals surface area contributed by atoms with Crippen molar-refractivity contribution in [1.29, 1.82) is 0 Å². The van der Waals surface area contributed by atoms with Crippen LogP contribution in [0.25, 0.3) is 0 Å². The van der Waals surface area contributed by atoms with E-state index in [4.69, 9.17) is 9.47 Å². The number of benzene rings is 2. The molecule has 7 nitrogen and oxygen atoms in total. The van der Waals surface area contributed by atoms with E-state index in [9.17, 15) is 17.6 Å². The molecular weight excluding hydrogens is 377 g/mol. The normalized spacial score (nSPS) is 12.3. The molecule has 0 heterocycles. The number of carbonyl (C=O) groups is 1. The molecule has 0 spiro atoms. The van der Waals surface area contributed by atoms with Crippen molar-refractivity contribution in [2.75, 3.05) is 21.3 Å². The number of methoxy groups -OCH3 is 3. The topological polar surface area (TPSA) is 90.9 Å². The number of nitrogens with one attached hydrogen (secondary N) is 1. The number of carbonyl (C=O) groups excluding carboxylic acids is 1. The summed E-state index contributed by atoms with van der Waals surface area (Å²) in [6.45, 7) is 0. The van der Waals surface area contributed by atoms with E-state index in [0.717, 1.165) is 0 Å². The van der Waals surface area contributed by atoms with Gasteiger partial charge in [-0.2, -0.15) is 0 Å². The second kappa shape index (κ2) is 8.83. The third kappa shape index (κ3) is 5.18. The Labute approximate surface area is 157 Å². The molecule has 146 valence electrons. The quantitative estimate of drug-likeness (QED) is 0.688. The molecule has 0 aromatic heterocycles. The first-order valence-electron chi connectivity index (χ1n) is 7.87. The average molecular weight is 397 g/mol. The van der Waals surface area contributed by atoms with Gasteiger partial charge in [-0.05, 0) is 29.8 Å². The lowest BCUT2D eigenvalue weighted by Crippen LogP contribution is -2.31. The largest absolute Gasteiger partial charge is 0.497 e. The average Bonchev–Trinajstić information content (AvgIpc) is 2.67. The zero-order valence-electron chi connectivity index (χ0n) is 15.1. The first kappa shape index (κ1) is 20.7. The maximum Gasteiger partial charge on any atom is 0.307 e. The lowest BCUT2D eigenvalue weighted by atomic mass is 10.1. The standard InChI is InChI=1S/C18H20FNO6S/c1-24-14-8-9-16(25-2)17(10-14)27(22,23)20-15(11-18(21)26-3)12-4-6-13(19)7-5-12/h4-10,15,20H,11H2,1-3H3/t15-/m0/s1. The van der Waals surface area contributed by atoms with E-state index in [-0.39, 0.29) is 17.1 Å². The van der Waals surface area contributed by atoms with Gasteiger partial charge in [0, 0.05) is 6.07 Å². The summed E-state index contributed by atoms with van der Waals surface area (Å²) in [5.74, 6) is -0.667. The molecule has 1 atom stereocenters. The van der Waals surface area contributed by atoms with Crippen molar-refractivity contribution >= 4 is 16.0 Å². The van der Waals surface area contributed by atoms with Gasteiger partial charge < -0.3 is 14.2 Å². The molecule has 0 saturated heterocycles. The van der Waals surface area contributed by atoms with Crippen molar-refractivity contribution in [3.63, 3.8) is 0 Å². The monoisotopic (exact) mass is 397 g/mol. The molecule has 0 fully saturated rings. The molecule has 9 heteroatoms. The third-order valence-corrected chi connectivity index (χ3v) is 5.32. The van der Waals surface area contributed by atoms with E-state index in [1.165, 1.54) is 57.7 Å². The van der Waals surface area contributed by atoms with Crippen LogP contribution in [0.3, 0.4) is 0 Å². The number of ether oxygens (including phenoxy) is 3. The summed E-state index contributed by atoms with van der Waals surface area (Å²) < 4.78 is 56.3. The Kier molecular flexibility index (Phi) is 6.75. The highest BCUT2D eigenvalue weighted by Gasteiger charge is 2.27. The number of hydrogen-bond acceptors (Lipinski definition) is 6. The Bertz CT molecular complexity index is 899. The van der Waals surface area contributed by atoms with Crippen LogP contribution in [0.1, 0.15) is 18.0 Å². The van der Waals surface area contributed by atoms with Crippen molar-refractivity contribution in [2.24, 2.45) is 0 Å². The zero-order chi connectivity index (χ0) is 20.0. The van der Waals surface area contributed by atoms with Gasteiger partial charge in [-0.25, -0.2) is 17.5 Å². The first-order chi connectivity index (χ1) is 12.8. The lowest BCUT2D eigenvalue weighted by Gasteiger charge is -2.19. The van der Waals surface area contributed by atoms with E-state index in [1.54, 1.807) is 6.07 Å². The SMILES string of the molecule is COC(=O)C[C@H](NS(=O)(=O)c1cc(OC)ccc1OC)c1ccc(F)cc1. The van der Waals surface area contributed by atoms with Crippen molar-refractivity contribution < 1.29 is 31.8 Å². The van der Waals surface area contributed by atoms with Crippen LogP contribution in [-0.4, -0.2) is 35.7 Å². The molecule has 0 unspecified atom stereocenters. The van der Waals surface area contributed by atoms with Crippen molar-refractivity contribution in [3.8, 4) is 11.5 Å². The molecule has 0 amide bonds. The van der Waals surface area contributed by atoms with E-state index in [2.05, 4.69) is 9.46 Å². The molecule has 0 saturated carbocycles. The Morgan fingerprint density at radius 3 is 2.30 bits per heavy atom. The molecule has 2 aromatic carbocycles. The van der Waals surface area contributed by atoms with Gasteiger partial charge in [0.05, 0.1) is 33.8 Å². The summed E-state index contributed by atoms with van der Waals surface area (Å²) in [6.07, 6.45) is -0.270. The molecule has 27 heavy (non-hydrogen) atoms. The summed E-state index contributed by atoms with van der Waals surface area (Å²) in [5, 5.41) is 0. The number of hydrogen-bond donors (Lipinski definition) is 1. The van der Waals surface area contributed by atoms with Gasteiger partial charge in [-0.15, -0.1) is 0 Å². The third-order valence-electron chi connectivity index (χ3n) is 3.83. The fraction of sp³-hybridized carbons (Fsp3) is 0.278. The fourth-order valence-corrected chi connectivity index (χ4v) is 3.83. The van der Waals surface area contributed by atoms with Crippen LogP contribution < -0.4 is 14.2 Å². The van der Waals surface area contributed by atoms with Gasteiger partial charge in [0.1, 0.15) is 22.2 Å². The lowest BCUT2D eigenvalue weighted by molar-refractivity contribution is -0.141. The highest BCUT2D eigenvalue weighted by atomic mass is 32.2. The Morgan fingerprint density at radius 2 is 1.74 bits per heavy atom. The van der Waals surface area contributed by atoms with E-state index < -0.39 is 27.9 Å². The Morgan fingerprint density at radius 1 is 1.07 bits per heavy atom. The van der Waals surface area contributed by atoms with Crippen LogP contribution in [-0.2, 0) is 19.6 Å². The molecule has 0 radical (unpaired) electrons. The smallest absolute Gasteiger partial charge is 0.307 e. The van der Waals surface area contributed by atoms with Crippen molar-refractivity contribution in [3.05, 3.63) is 53.8 Å². The minimum absolute atomic E-state index is 0.110.